The van der Waals surface area contributed by atoms with Crippen molar-refractivity contribution in [3.63, 3.8) is 0 Å². The largest absolute Gasteiger partial charge is 0.436 e. The van der Waals surface area contributed by atoms with Crippen LogP contribution in [0, 0.1) is 5.82 Å². The first kappa shape index (κ1) is 14.8. The second kappa shape index (κ2) is 6.34. The molecule has 22 heavy (non-hydrogen) atoms. The van der Waals surface area contributed by atoms with Gasteiger partial charge in [0.2, 0.25) is 5.89 Å². The summed E-state index contributed by atoms with van der Waals surface area (Å²) in [5, 5.41) is 12.5. The van der Waals surface area contributed by atoms with Crippen LogP contribution in [0.5, 0.6) is 0 Å². The Morgan fingerprint density at radius 3 is 2.86 bits per heavy atom. The SMILES string of the molecule is OC(CCl)CNc1ccc(F)c(-c2nc3ccccc3o2)c1. The van der Waals surface area contributed by atoms with Crippen molar-refractivity contribution in [1.82, 2.24) is 4.98 Å². The van der Waals surface area contributed by atoms with Gasteiger partial charge in [0.1, 0.15) is 11.3 Å². The summed E-state index contributed by atoms with van der Waals surface area (Å²) in [6.45, 7) is 0.280. The third-order valence-electron chi connectivity index (χ3n) is 3.21. The maximum Gasteiger partial charge on any atom is 0.230 e. The topological polar surface area (TPSA) is 58.3 Å². The average molecular weight is 321 g/mol. The minimum absolute atomic E-state index is 0.131. The molecule has 0 bridgehead atoms. The van der Waals surface area contributed by atoms with Crippen molar-refractivity contribution in [3.8, 4) is 11.5 Å². The maximum atomic E-state index is 14.1. The molecule has 0 saturated carbocycles. The highest BCUT2D eigenvalue weighted by atomic mass is 35.5. The lowest BCUT2D eigenvalue weighted by molar-refractivity contribution is 0.211. The van der Waals surface area contributed by atoms with Gasteiger partial charge in [-0.25, -0.2) is 9.37 Å². The predicted octanol–water partition coefficient (Wildman–Crippen LogP) is 3.65. The van der Waals surface area contributed by atoms with Gasteiger partial charge in [0, 0.05) is 12.2 Å². The Morgan fingerprint density at radius 1 is 1.27 bits per heavy atom. The van der Waals surface area contributed by atoms with E-state index in [9.17, 15) is 9.50 Å². The van der Waals surface area contributed by atoms with Crippen molar-refractivity contribution in [3.05, 3.63) is 48.3 Å². The van der Waals surface area contributed by atoms with E-state index in [4.69, 9.17) is 16.0 Å². The monoisotopic (exact) mass is 320 g/mol. The number of rotatable bonds is 5. The summed E-state index contributed by atoms with van der Waals surface area (Å²) in [5.41, 5.74) is 2.20. The minimum Gasteiger partial charge on any atom is -0.436 e. The summed E-state index contributed by atoms with van der Waals surface area (Å²) in [7, 11) is 0. The lowest BCUT2D eigenvalue weighted by atomic mass is 10.2. The van der Waals surface area contributed by atoms with Gasteiger partial charge in [0.25, 0.3) is 0 Å². The molecule has 3 rings (SSSR count). The van der Waals surface area contributed by atoms with E-state index >= 15 is 0 Å². The molecule has 0 spiro atoms. The molecule has 0 radical (unpaired) electrons. The van der Waals surface area contributed by atoms with Crippen LogP contribution in [0.4, 0.5) is 10.1 Å². The molecule has 0 saturated heterocycles. The van der Waals surface area contributed by atoms with Crippen molar-refractivity contribution in [2.24, 2.45) is 0 Å². The summed E-state index contributed by atoms with van der Waals surface area (Å²) >= 11 is 5.54. The zero-order valence-electron chi connectivity index (χ0n) is 11.6. The highest BCUT2D eigenvalue weighted by Crippen LogP contribution is 2.28. The lowest BCUT2D eigenvalue weighted by Crippen LogP contribution is -2.20. The molecule has 0 amide bonds. The second-order valence-corrected chi connectivity index (χ2v) is 5.18. The number of aliphatic hydroxyl groups excluding tert-OH is 1. The quantitative estimate of drug-likeness (QED) is 0.705. The van der Waals surface area contributed by atoms with E-state index in [1.165, 1.54) is 6.07 Å². The smallest absolute Gasteiger partial charge is 0.230 e. The molecular formula is C16H14ClFN2O2. The number of benzene rings is 2. The van der Waals surface area contributed by atoms with E-state index in [-0.39, 0.29) is 23.9 Å². The molecule has 2 aromatic carbocycles. The number of para-hydroxylation sites is 2. The van der Waals surface area contributed by atoms with Gasteiger partial charge in [0.15, 0.2) is 5.58 Å². The van der Waals surface area contributed by atoms with Gasteiger partial charge in [-0.1, -0.05) is 12.1 Å². The zero-order chi connectivity index (χ0) is 15.5. The number of halogens is 2. The van der Waals surface area contributed by atoms with Gasteiger partial charge in [-0.3, -0.25) is 0 Å². The first-order valence-electron chi connectivity index (χ1n) is 6.81. The number of anilines is 1. The molecule has 2 N–H and O–H groups in total. The van der Waals surface area contributed by atoms with Crippen molar-refractivity contribution < 1.29 is 13.9 Å². The van der Waals surface area contributed by atoms with Gasteiger partial charge >= 0.3 is 0 Å². The highest BCUT2D eigenvalue weighted by molar-refractivity contribution is 6.18. The third kappa shape index (κ3) is 3.05. The molecule has 3 aromatic rings. The molecule has 0 fully saturated rings. The molecule has 0 aliphatic heterocycles. The van der Waals surface area contributed by atoms with Gasteiger partial charge in [-0.2, -0.15) is 0 Å². The number of fused-ring (bicyclic) bond motifs is 1. The Bertz CT molecular complexity index is 758. The molecule has 4 nitrogen and oxygen atoms in total. The first-order chi connectivity index (χ1) is 10.7. The van der Waals surface area contributed by atoms with E-state index in [1.807, 2.05) is 12.1 Å². The lowest BCUT2D eigenvalue weighted by Gasteiger charge is -2.10. The number of oxazole rings is 1. The fourth-order valence-electron chi connectivity index (χ4n) is 2.08. The molecule has 1 aromatic heterocycles. The predicted molar refractivity (Wildman–Crippen MR) is 84.6 cm³/mol. The number of alkyl halides is 1. The van der Waals surface area contributed by atoms with Gasteiger partial charge < -0.3 is 14.8 Å². The van der Waals surface area contributed by atoms with Crippen LogP contribution >= 0.6 is 11.6 Å². The van der Waals surface area contributed by atoms with Crippen LogP contribution in [0.25, 0.3) is 22.6 Å². The summed E-state index contributed by atoms with van der Waals surface area (Å²) in [4.78, 5) is 4.29. The van der Waals surface area contributed by atoms with E-state index < -0.39 is 11.9 Å². The number of aliphatic hydroxyl groups is 1. The number of nitrogens with zero attached hydrogens (tertiary/aromatic N) is 1. The third-order valence-corrected chi connectivity index (χ3v) is 3.57. The van der Waals surface area contributed by atoms with Gasteiger partial charge in [-0.15, -0.1) is 11.6 Å². The Hall–Kier alpha value is -2.11. The molecular weight excluding hydrogens is 307 g/mol. The molecule has 1 unspecified atom stereocenters. The number of aromatic nitrogens is 1. The molecule has 1 heterocycles. The Morgan fingerprint density at radius 2 is 2.09 bits per heavy atom. The van der Waals surface area contributed by atoms with Gasteiger partial charge in [0.05, 0.1) is 17.5 Å². The van der Waals surface area contributed by atoms with Crippen LogP contribution in [0.15, 0.2) is 46.9 Å². The first-order valence-corrected chi connectivity index (χ1v) is 7.34. The van der Waals surface area contributed by atoms with Gasteiger partial charge in [-0.05, 0) is 30.3 Å². The molecule has 0 aliphatic rings. The molecule has 114 valence electrons. The summed E-state index contributed by atoms with van der Waals surface area (Å²) in [5.74, 6) is -0.0677. The standard InChI is InChI=1S/C16H14ClFN2O2/c17-8-11(21)9-19-10-5-6-13(18)12(7-10)16-20-14-3-1-2-4-15(14)22-16/h1-7,11,19,21H,8-9H2. The average Bonchev–Trinajstić information content (AvgIpc) is 2.97. The fourth-order valence-corrected chi connectivity index (χ4v) is 2.19. The number of nitrogens with one attached hydrogen (secondary N) is 1. The minimum atomic E-state index is -0.667. The fraction of sp³-hybridized carbons (Fsp3) is 0.188. The van der Waals surface area contributed by atoms with Crippen LogP contribution in [-0.4, -0.2) is 28.6 Å². The Kier molecular flexibility index (Phi) is 4.27. The molecule has 1 atom stereocenters. The van der Waals surface area contributed by atoms with E-state index in [0.29, 0.717) is 16.8 Å². The summed E-state index contributed by atoms with van der Waals surface area (Å²) in [6, 6.07) is 11.8. The van der Waals surface area contributed by atoms with Crippen LogP contribution in [0.3, 0.4) is 0 Å². The van der Waals surface area contributed by atoms with Crippen LogP contribution in [0.1, 0.15) is 0 Å². The normalized spacial score (nSPS) is 12.5. The highest BCUT2D eigenvalue weighted by Gasteiger charge is 2.13. The second-order valence-electron chi connectivity index (χ2n) is 4.87. The number of hydrogen-bond donors (Lipinski definition) is 2. The number of hydrogen-bond acceptors (Lipinski definition) is 4. The molecule has 6 heteroatoms. The summed E-state index contributed by atoms with van der Waals surface area (Å²) < 4.78 is 19.6. The summed E-state index contributed by atoms with van der Waals surface area (Å²) in [6.07, 6.45) is -0.667. The van der Waals surface area contributed by atoms with Crippen molar-refractivity contribution in [2.75, 3.05) is 17.7 Å². The van der Waals surface area contributed by atoms with Crippen molar-refractivity contribution >= 4 is 28.4 Å². The van der Waals surface area contributed by atoms with Crippen LogP contribution in [0.2, 0.25) is 0 Å². The van der Waals surface area contributed by atoms with E-state index in [1.54, 1.807) is 24.3 Å². The molecule has 0 aliphatic carbocycles. The van der Waals surface area contributed by atoms with Crippen molar-refractivity contribution in [1.29, 1.82) is 0 Å². The maximum absolute atomic E-state index is 14.1. The zero-order valence-corrected chi connectivity index (χ0v) is 12.3. The van der Waals surface area contributed by atoms with E-state index in [2.05, 4.69) is 10.3 Å². The van der Waals surface area contributed by atoms with Crippen LogP contribution < -0.4 is 5.32 Å². The van der Waals surface area contributed by atoms with E-state index in [0.717, 1.165) is 0 Å². The van der Waals surface area contributed by atoms with Crippen LogP contribution in [-0.2, 0) is 0 Å². The Balaban J connectivity index is 1.92. The van der Waals surface area contributed by atoms with Crippen molar-refractivity contribution in [2.45, 2.75) is 6.10 Å². The Labute approximate surface area is 131 Å².